The largest absolute Gasteiger partial charge is 0.455 e. The highest BCUT2D eigenvalue weighted by molar-refractivity contribution is 7.92. The number of sulfonamides is 1. The fourth-order valence-corrected chi connectivity index (χ4v) is 5.35. The average Bonchev–Trinajstić information content (AvgIpc) is 2.99. The molecule has 0 fully saturated rings. The minimum atomic E-state index is -3.47. The second-order valence-electron chi connectivity index (χ2n) is 7.88. The number of benzene rings is 2. The number of hydrogen-bond acceptors (Lipinski definition) is 4. The van der Waals surface area contributed by atoms with E-state index in [9.17, 15) is 17.6 Å². The SMILES string of the molecule is CCC1CCCN(S(C)(=O)=O)c2cc3oc(-c4ccc(F)cc4)c(C(=O)NC)c3cc21. The van der Waals surface area contributed by atoms with Gasteiger partial charge in [0, 0.05) is 30.6 Å². The Labute approximate surface area is 181 Å². The van der Waals surface area contributed by atoms with Gasteiger partial charge in [-0.2, -0.15) is 0 Å². The molecule has 2 aromatic carbocycles. The van der Waals surface area contributed by atoms with E-state index >= 15 is 0 Å². The molecule has 3 aromatic rings. The molecule has 0 spiro atoms. The number of furan rings is 1. The molecule has 1 aliphatic heterocycles. The summed E-state index contributed by atoms with van der Waals surface area (Å²) in [5, 5.41) is 3.27. The molecule has 1 aliphatic rings. The molecule has 1 unspecified atom stereocenters. The fourth-order valence-electron chi connectivity index (χ4n) is 4.37. The summed E-state index contributed by atoms with van der Waals surface area (Å²) in [5.41, 5.74) is 2.84. The van der Waals surface area contributed by atoms with Gasteiger partial charge in [0.15, 0.2) is 0 Å². The summed E-state index contributed by atoms with van der Waals surface area (Å²) in [6, 6.07) is 9.35. The molecule has 0 aliphatic carbocycles. The number of nitrogens with one attached hydrogen (secondary N) is 1. The Morgan fingerprint density at radius 3 is 2.58 bits per heavy atom. The molecule has 1 aromatic heterocycles. The molecule has 1 N–H and O–H groups in total. The van der Waals surface area contributed by atoms with Crippen molar-refractivity contribution in [1.29, 1.82) is 0 Å². The van der Waals surface area contributed by atoms with Crippen LogP contribution in [0.15, 0.2) is 40.8 Å². The molecule has 4 rings (SSSR count). The van der Waals surface area contributed by atoms with E-state index in [1.54, 1.807) is 25.2 Å². The average molecular weight is 445 g/mol. The van der Waals surface area contributed by atoms with Crippen LogP contribution in [-0.4, -0.2) is 34.2 Å². The van der Waals surface area contributed by atoms with Crippen LogP contribution < -0.4 is 9.62 Å². The maximum atomic E-state index is 13.4. The highest BCUT2D eigenvalue weighted by Crippen LogP contribution is 2.43. The Hall–Kier alpha value is -2.87. The smallest absolute Gasteiger partial charge is 0.255 e. The van der Waals surface area contributed by atoms with Gasteiger partial charge in [-0.05, 0) is 61.1 Å². The van der Waals surface area contributed by atoms with Gasteiger partial charge in [-0.15, -0.1) is 0 Å². The maximum Gasteiger partial charge on any atom is 0.255 e. The molecule has 31 heavy (non-hydrogen) atoms. The summed E-state index contributed by atoms with van der Waals surface area (Å²) >= 11 is 0. The van der Waals surface area contributed by atoms with Crippen molar-refractivity contribution >= 4 is 32.6 Å². The first kappa shape index (κ1) is 21.4. The standard InChI is InChI=1S/C23H25FN2O4S/c1-4-14-6-5-11-26(31(3,28)29)19-13-20-18(12-17(14)19)21(23(27)25-2)22(30-20)15-7-9-16(24)10-8-15/h7-10,12-14H,4-6,11H2,1-3H3,(H,25,27). The van der Waals surface area contributed by atoms with Gasteiger partial charge in [-0.1, -0.05) is 6.92 Å². The number of nitrogens with zero attached hydrogens (tertiary/aromatic N) is 1. The van der Waals surface area contributed by atoms with Crippen LogP contribution in [-0.2, 0) is 10.0 Å². The van der Waals surface area contributed by atoms with Crippen molar-refractivity contribution in [2.75, 3.05) is 24.2 Å². The fraction of sp³-hybridized carbons (Fsp3) is 0.348. The normalized spacial score (nSPS) is 16.8. The van der Waals surface area contributed by atoms with Gasteiger partial charge in [0.1, 0.15) is 17.2 Å². The number of anilines is 1. The molecule has 1 amide bonds. The first-order valence-electron chi connectivity index (χ1n) is 10.3. The Kier molecular flexibility index (Phi) is 5.51. The molecule has 2 heterocycles. The number of fused-ring (bicyclic) bond motifs is 2. The number of rotatable bonds is 4. The maximum absolute atomic E-state index is 13.4. The minimum Gasteiger partial charge on any atom is -0.455 e. The third-order valence-electron chi connectivity index (χ3n) is 5.91. The van der Waals surface area contributed by atoms with Crippen LogP contribution in [0.4, 0.5) is 10.1 Å². The van der Waals surface area contributed by atoms with Crippen molar-refractivity contribution in [2.45, 2.75) is 32.1 Å². The summed E-state index contributed by atoms with van der Waals surface area (Å²) in [5.74, 6) is -0.205. The van der Waals surface area contributed by atoms with Crippen molar-refractivity contribution in [3.05, 3.63) is 53.3 Å². The number of carbonyl (C=O) groups excluding carboxylic acids is 1. The van der Waals surface area contributed by atoms with Crippen molar-refractivity contribution in [3.63, 3.8) is 0 Å². The summed E-state index contributed by atoms with van der Waals surface area (Å²) in [4.78, 5) is 12.8. The van der Waals surface area contributed by atoms with E-state index in [1.807, 2.05) is 6.07 Å². The third kappa shape index (κ3) is 3.80. The molecular formula is C23H25FN2O4S. The Morgan fingerprint density at radius 1 is 1.26 bits per heavy atom. The van der Waals surface area contributed by atoms with Crippen LogP contribution in [0.25, 0.3) is 22.3 Å². The molecule has 1 atom stereocenters. The Morgan fingerprint density at radius 2 is 1.97 bits per heavy atom. The van der Waals surface area contributed by atoms with E-state index in [-0.39, 0.29) is 17.6 Å². The highest BCUT2D eigenvalue weighted by Gasteiger charge is 2.30. The zero-order chi connectivity index (χ0) is 22.3. The summed E-state index contributed by atoms with van der Waals surface area (Å²) in [6.07, 6.45) is 3.67. The van der Waals surface area contributed by atoms with Gasteiger partial charge in [0.25, 0.3) is 5.91 Å². The molecular weight excluding hydrogens is 419 g/mol. The first-order chi connectivity index (χ1) is 14.7. The lowest BCUT2D eigenvalue weighted by atomic mass is 9.90. The minimum absolute atomic E-state index is 0.174. The third-order valence-corrected chi connectivity index (χ3v) is 7.09. The summed E-state index contributed by atoms with van der Waals surface area (Å²) in [6.45, 7) is 2.48. The van der Waals surface area contributed by atoms with Crippen molar-refractivity contribution in [3.8, 4) is 11.3 Å². The van der Waals surface area contributed by atoms with E-state index < -0.39 is 10.0 Å². The molecule has 8 heteroatoms. The number of carbonyl (C=O) groups is 1. The van der Waals surface area contributed by atoms with Gasteiger partial charge in [-0.25, -0.2) is 12.8 Å². The van der Waals surface area contributed by atoms with Crippen LogP contribution in [0.3, 0.4) is 0 Å². The Balaban J connectivity index is 2.03. The first-order valence-corrected chi connectivity index (χ1v) is 12.2. The molecule has 0 saturated heterocycles. The van der Waals surface area contributed by atoms with Crippen LogP contribution in [0, 0.1) is 5.82 Å². The predicted molar refractivity (Wildman–Crippen MR) is 119 cm³/mol. The lowest BCUT2D eigenvalue weighted by Crippen LogP contribution is -2.30. The molecule has 0 radical (unpaired) electrons. The molecule has 0 bridgehead atoms. The second-order valence-corrected chi connectivity index (χ2v) is 9.79. The van der Waals surface area contributed by atoms with E-state index in [0.717, 1.165) is 24.8 Å². The zero-order valence-corrected chi connectivity index (χ0v) is 18.6. The van der Waals surface area contributed by atoms with Gasteiger partial charge >= 0.3 is 0 Å². The summed E-state index contributed by atoms with van der Waals surface area (Å²) < 4.78 is 46.0. The van der Waals surface area contributed by atoms with Gasteiger partial charge < -0.3 is 9.73 Å². The van der Waals surface area contributed by atoms with E-state index in [1.165, 1.54) is 22.7 Å². The summed E-state index contributed by atoms with van der Waals surface area (Å²) in [7, 11) is -1.93. The zero-order valence-electron chi connectivity index (χ0n) is 17.7. The number of hydrogen-bond donors (Lipinski definition) is 1. The van der Waals surface area contributed by atoms with Crippen LogP contribution in [0.5, 0.6) is 0 Å². The quantitative estimate of drug-likeness (QED) is 0.635. The second kappa shape index (κ2) is 8.00. The lowest BCUT2D eigenvalue weighted by Gasteiger charge is -2.23. The van der Waals surface area contributed by atoms with Crippen molar-refractivity contribution in [1.82, 2.24) is 5.32 Å². The van der Waals surface area contributed by atoms with Gasteiger partial charge in [0.05, 0.1) is 17.5 Å². The molecule has 0 saturated carbocycles. The van der Waals surface area contributed by atoms with Crippen LogP contribution in [0.2, 0.25) is 0 Å². The number of amides is 1. The van der Waals surface area contributed by atoms with Crippen LogP contribution in [0.1, 0.15) is 48.0 Å². The van der Waals surface area contributed by atoms with Gasteiger partial charge in [-0.3, -0.25) is 9.10 Å². The predicted octanol–water partition coefficient (Wildman–Crippen LogP) is 4.65. The van der Waals surface area contributed by atoms with Crippen molar-refractivity contribution in [2.24, 2.45) is 0 Å². The molecule has 164 valence electrons. The lowest BCUT2D eigenvalue weighted by molar-refractivity contribution is 0.0964. The number of halogens is 1. The van der Waals surface area contributed by atoms with Crippen molar-refractivity contribution < 1.29 is 22.0 Å². The van der Waals surface area contributed by atoms with Crippen LogP contribution >= 0.6 is 0 Å². The van der Waals surface area contributed by atoms with E-state index in [4.69, 9.17) is 4.42 Å². The topological polar surface area (TPSA) is 79.6 Å². The van der Waals surface area contributed by atoms with E-state index in [2.05, 4.69) is 12.2 Å². The Bertz CT molecular complexity index is 1250. The monoisotopic (exact) mass is 444 g/mol. The van der Waals surface area contributed by atoms with Gasteiger partial charge in [0.2, 0.25) is 10.0 Å². The molecule has 6 nitrogen and oxygen atoms in total. The van der Waals surface area contributed by atoms with E-state index in [0.29, 0.717) is 40.1 Å². The highest BCUT2D eigenvalue weighted by atomic mass is 32.2.